The minimum absolute atomic E-state index is 0.166. The van der Waals surface area contributed by atoms with Crippen molar-refractivity contribution in [3.8, 4) is 0 Å². The zero-order chi connectivity index (χ0) is 18.3. The van der Waals surface area contributed by atoms with Crippen LogP contribution in [0.2, 0.25) is 0 Å². The summed E-state index contributed by atoms with van der Waals surface area (Å²) in [5, 5.41) is 2.79. The SMILES string of the molecule is C[C@@]1(C2CC2)NC(=O)N(CC(=O)N2CCN(c3ccccc3)CC2)C1=O. The first-order valence-corrected chi connectivity index (χ1v) is 9.21. The van der Waals surface area contributed by atoms with Gasteiger partial charge in [-0.15, -0.1) is 0 Å². The minimum atomic E-state index is -0.830. The van der Waals surface area contributed by atoms with E-state index >= 15 is 0 Å². The lowest BCUT2D eigenvalue weighted by atomic mass is 9.96. The van der Waals surface area contributed by atoms with E-state index in [2.05, 4.69) is 22.3 Å². The van der Waals surface area contributed by atoms with E-state index in [0.29, 0.717) is 13.1 Å². The van der Waals surface area contributed by atoms with Gasteiger partial charge in [-0.2, -0.15) is 0 Å². The molecule has 2 saturated heterocycles. The summed E-state index contributed by atoms with van der Waals surface area (Å²) in [6.07, 6.45) is 1.90. The third-order valence-corrected chi connectivity index (χ3v) is 5.74. The molecule has 1 N–H and O–H groups in total. The van der Waals surface area contributed by atoms with Gasteiger partial charge in [-0.3, -0.25) is 14.5 Å². The van der Waals surface area contributed by atoms with E-state index in [-0.39, 0.29) is 24.3 Å². The number of urea groups is 1. The molecule has 1 aromatic carbocycles. The van der Waals surface area contributed by atoms with Crippen molar-refractivity contribution in [2.75, 3.05) is 37.6 Å². The highest BCUT2D eigenvalue weighted by Crippen LogP contribution is 2.42. The zero-order valence-corrected chi connectivity index (χ0v) is 15.0. The van der Waals surface area contributed by atoms with Crippen molar-refractivity contribution in [1.82, 2.24) is 15.1 Å². The molecule has 4 rings (SSSR count). The van der Waals surface area contributed by atoms with E-state index in [1.165, 1.54) is 0 Å². The van der Waals surface area contributed by atoms with Crippen LogP contribution in [0.4, 0.5) is 10.5 Å². The summed E-state index contributed by atoms with van der Waals surface area (Å²) < 4.78 is 0. The highest BCUT2D eigenvalue weighted by Gasteiger charge is 2.56. The quantitative estimate of drug-likeness (QED) is 0.819. The number of hydrogen-bond acceptors (Lipinski definition) is 4. The van der Waals surface area contributed by atoms with Gasteiger partial charge in [0, 0.05) is 31.9 Å². The van der Waals surface area contributed by atoms with Gasteiger partial charge in [-0.1, -0.05) is 18.2 Å². The molecule has 7 nitrogen and oxygen atoms in total. The van der Waals surface area contributed by atoms with Crippen LogP contribution in [0, 0.1) is 5.92 Å². The van der Waals surface area contributed by atoms with Gasteiger partial charge in [-0.05, 0) is 37.8 Å². The van der Waals surface area contributed by atoms with Crippen molar-refractivity contribution >= 4 is 23.5 Å². The second kappa shape index (κ2) is 6.30. The topological polar surface area (TPSA) is 73.0 Å². The number of piperazine rings is 1. The van der Waals surface area contributed by atoms with Crippen LogP contribution in [0.15, 0.2) is 30.3 Å². The van der Waals surface area contributed by atoms with E-state index in [9.17, 15) is 14.4 Å². The number of nitrogens with one attached hydrogen (secondary N) is 1. The van der Waals surface area contributed by atoms with Crippen LogP contribution in [-0.4, -0.2) is 65.9 Å². The van der Waals surface area contributed by atoms with Crippen molar-refractivity contribution < 1.29 is 14.4 Å². The Morgan fingerprint density at radius 1 is 1.12 bits per heavy atom. The van der Waals surface area contributed by atoms with Crippen LogP contribution in [0.5, 0.6) is 0 Å². The molecule has 0 spiro atoms. The van der Waals surface area contributed by atoms with Crippen LogP contribution in [0.1, 0.15) is 19.8 Å². The van der Waals surface area contributed by atoms with Crippen molar-refractivity contribution in [2.45, 2.75) is 25.3 Å². The third kappa shape index (κ3) is 2.91. The predicted octanol–water partition coefficient (Wildman–Crippen LogP) is 1.06. The number of amides is 4. The summed E-state index contributed by atoms with van der Waals surface area (Å²) in [6, 6.07) is 9.66. The van der Waals surface area contributed by atoms with E-state index in [0.717, 1.165) is 36.5 Å². The molecule has 138 valence electrons. The Kier molecular flexibility index (Phi) is 4.09. The Hall–Kier alpha value is -2.57. The molecule has 4 amide bonds. The first kappa shape index (κ1) is 16.9. The molecule has 3 aliphatic rings. The summed E-state index contributed by atoms with van der Waals surface area (Å²) in [4.78, 5) is 42.5. The number of anilines is 1. The van der Waals surface area contributed by atoms with E-state index in [1.807, 2.05) is 18.2 Å². The molecule has 0 aromatic heterocycles. The second-order valence-corrected chi connectivity index (χ2v) is 7.50. The van der Waals surface area contributed by atoms with E-state index in [1.54, 1.807) is 11.8 Å². The summed E-state index contributed by atoms with van der Waals surface area (Å²) >= 11 is 0. The number of nitrogens with zero attached hydrogens (tertiary/aromatic N) is 3. The lowest BCUT2D eigenvalue weighted by Gasteiger charge is -2.36. The lowest BCUT2D eigenvalue weighted by molar-refractivity contribution is -0.139. The molecule has 0 bridgehead atoms. The van der Waals surface area contributed by atoms with Crippen LogP contribution in [0.3, 0.4) is 0 Å². The highest BCUT2D eigenvalue weighted by molar-refractivity contribution is 6.09. The average molecular weight is 356 g/mol. The van der Waals surface area contributed by atoms with Crippen LogP contribution >= 0.6 is 0 Å². The fourth-order valence-corrected chi connectivity index (χ4v) is 3.88. The molecular weight excluding hydrogens is 332 g/mol. The van der Waals surface area contributed by atoms with Gasteiger partial charge in [0.1, 0.15) is 12.1 Å². The molecule has 26 heavy (non-hydrogen) atoms. The Morgan fingerprint density at radius 2 is 1.77 bits per heavy atom. The summed E-state index contributed by atoms with van der Waals surface area (Å²) in [5.41, 5.74) is 0.317. The van der Waals surface area contributed by atoms with Gasteiger partial charge in [0.15, 0.2) is 0 Å². The van der Waals surface area contributed by atoms with Crippen LogP contribution in [0.25, 0.3) is 0 Å². The lowest BCUT2D eigenvalue weighted by Crippen LogP contribution is -2.52. The summed E-state index contributed by atoms with van der Waals surface area (Å²) in [5.74, 6) is -0.226. The Morgan fingerprint density at radius 3 is 2.38 bits per heavy atom. The van der Waals surface area contributed by atoms with Crippen LogP contribution < -0.4 is 10.2 Å². The minimum Gasteiger partial charge on any atom is -0.368 e. The molecule has 3 fully saturated rings. The second-order valence-electron chi connectivity index (χ2n) is 7.50. The van der Waals surface area contributed by atoms with E-state index < -0.39 is 11.6 Å². The maximum Gasteiger partial charge on any atom is 0.325 e. The standard InChI is InChI=1S/C19H24N4O3/c1-19(14-7-8-14)17(25)23(18(26)20-19)13-16(24)22-11-9-21(10-12-22)15-5-3-2-4-6-15/h2-6,14H,7-13H2,1H3,(H,20,26)/t19-/m0/s1. The van der Waals surface area contributed by atoms with Gasteiger partial charge in [0.25, 0.3) is 5.91 Å². The maximum atomic E-state index is 12.6. The zero-order valence-electron chi connectivity index (χ0n) is 15.0. The first-order valence-electron chi connectivity index (χ1n) is 9.21. The molecule has 7 heteroatoms. The van der Waals surface area contributed by atoms with Crippen molar-refractivity contribution in [3.63, 3.8) is 0 Å². The fourth-order valence-electron chi connectivity index (χ4n) is 3.88. The fraction of sp³-hybridized carbons (Fsp3) is 0.526. The van der Waals surface area contributed by atoms with Gasteiger partial charge in [0.05, 0.1) is 0 Å². The number of hydrogen-bond donors (Lipinski definition) is 1. The first-order chi connectivity index (χ1) is 12.5. The molecule has 1 aliphatic carbocycles. The molecule has 1 saturated carbocycles. The van der Waals surface area contributed by atoms with Gasteiger partial charge < -0.3 is 15.1 Å². The van der Waals surface area contributed by atoms with Gasteiger partial charge in [-0.25, -0.2) is 4.79 Å². The number of benzene rings is 1. The molecule has 2 aliphatic heterocycles. The number of para-hydroxylation sites is 1. The van der Waals surface area contributed by atoms with Crippen molar-refractivity contribution in [1.29, 1.82) is 0 Å². The van der Waals surface area contributed by atoms with Crippen molar-refractivity contribution in [3.05, 3.63) is 30.3 Å². The number of rotatable bonds is 4. The smallest absolute Gasteiger partial charge is 0.325 e. The Labute approximate surface area is 152 Å². The number of carbonyl (C=O) groups excluding carboxylic acids is 3. The molecule has 0 unspecified atom stereocenters. The molecule has 1 atom stereocenters. The van der Waals surface area contributed by atoms with Crippen LogP contribution in [-0.2, 0) is 9.59 Å². The largest absolute Gasteiger partial charge is 0.368 e. The highest BCUT2D eigenvalue weighted by atomic mass is 16.2. The predicted molar refractivity (Wildman–Crippen MR) is 96.6 cm³/mol. The Balaban J connectivity index is 1.34. The summed E-state index contributed by atoms with van der Waals surface area (Å²) in [6.45, 7) is 4.28. The molecule has 0 radical (unpaired) electrons. The number of carbonyl (C=O) groups is 3. The maximum absolute atomic E-state index is 12.6. The monoisotopic (exact) mass is 356 g/mol. The van der Waals surface area contributed by atoms with Crippen molar-refractivity contribution in [2.24, 2.45) is 5.92 Å². The average Bonchev–Trinajstić information content (AvgIpc) is 3.49. The van der Waals surface area contributed by atoms with Gasteiger partial charge >= 0.3 is 6.03 Å². The normalized spacial score (nSPS) is 26.3. The summed E-state index contributed by atoms with van der Waals surface area (Å²) in [7, 11) is 0. The van der Waals surface area contributed by atoms with E-state index in [4.69, 9.17) is 0 Å². The molecular formula is C19H24N4O3. The van der Waals surface area contributed by atoms with Gasteiger partial charge in [0.2, 0.25) is 5.91 Å². The Bertz CT molecular complexity index is 726. The molecule has 2 heterocycles. The number of imide groups is 1. The molecule has 1 aromatic rings. The third-order valence-electron chi connectivity index (χ3n) is 5.74.